The molecule has 0 aliphatic carbocycles. The van der Waals surface area contributed by atoms with Crippen LogP contribution in [-0.4, -0.2) is 28.5 Å². The summed E-state index contributed by atoms with van der Waals surface area (Å²) in [7, 11) is 0. The number of hydrogen-bond donors (Lipinski definition) is 2. The van der Waals surface area contributed by atoms with E-state index >= 15 is 0 Å². The Hall–Kier alpha value is -2.35. The number of rotatable bonds is 4. The van der Waals surface area contributed by atoms with Gasteiger partial charge in [-0.25, -0.2) is 9.78 Å². The SMILES string of the molecule is CC#CCCNC(=O)c1cccc(C(=O)O)n1. The topological polar surface area (TPSA) is 79.3 Å². The molecule has 0 atom stereocenters. The van der Waals surface area contributed by atoms with Crippen molar-refractivity contribution in [3.05, 3.63) is 29.6 Å². The van der Waals surface area contributed by atoms with E-state index in [1.54, 1.807) is 6.92 Å². The summed E-state index contributed by atoms with van der Waals surface area (Å²) in [5, 5.41) is 11.3. The predicted molar refractivity (Wildman–Crippen MR) is 61.6 cm³/mol. The molecule has 0 saturated carbocycles. The van der Waals surface area contributed by atoms with E-state index < -0.39 is 11.9 Å². The Morgan fingerprint density at radius 3 is 2.76 bits per heavy atom. The first-order valence-electron chi connectivity index (χ1n) is 5.03. The van der Waals surface area contributed by atoms with Crippen LogP contribution in [0.5, 0.6) is 0 Å². The van der Waals surface area contributed by atoms with Crippen LogP contribution < -0.4 is 5.32 Å². The van der Waals surface area contributed by atoms with E-state index in [1.165, 1.54) is 18.2 Å². The van der Waals surface area contributed by atoms with Crippen molar-refractivity contribution >= 4 is 11.9 Å². The number of amides is 1. The normalized spacial score (nSPS) is 9.00. The van der Waals surface area contributed by atoms with Crippen molar-refractivity contribution in [2.45, 2.75) is 13.3 Å². The van der Waals surface area contributed by atoms with Crippen LogP contribution in [-0.2, 0) is 0 Å². The second-order valence-electron chi connectivity index (χ2n) is 3.15. The maximum absolute atomic E-state index is 11.6. The fourth-order valence-corrected chi connectivity index (χ4v) is 1.13. The molecular formula is C12H12N2O3. The number of carbonyl (C=O) groups is 2. The summed E-state index contributed by atoms with van der Waals surface area (Å²) < 4.78 is 0. The first-order chi connectivity index (χ1) is 8.15. The fourth-order valence-electron chi connectivity index (χ4n) is 1.13. The summed E-state index contributed by atoms with van der Waals surface area (Å²) in [6.45, 7) is 2.14. The number of carbonyl (C=O) groups excluding carboxylic acids is 1. The maximum atomic E-state index is 11.6. The third-order valence-electron chi connectivity index (χ3n) is 1.91. The lowest BCUT2D eigenvalue weighted by molar-refractivity contribution is 0.0690. The molecule has 2 N–H and O–H groups in total. The molecule has 0 fully saturated rings. The van der Waals surface area contributed by atoms with Crippen molar-refractivity contribution in [2.75, 3.05) is 6.54 Å². The van der Waals surface area contributed by atoms with E-state index in [-0.39, 0.29) is 11.4 Å². The Morgan fingerprint density at radius 2 is 2.12 bits per heavy atom. The number of nitrogens with one attached hydrogen (secondary N) is 1. The summed E-state index contributed by atoms with van der Waals surface area (Å²) in [5.41, 5.74) is -0.0552. The number of carboxylic acid groups (broad SMARTS) is 1. The van der Waals surface area contributed by atoms with Crippen LogP contribution in [0.4, 0.5) is 0 Å². The lowest BCUT2D eigenvalue weighted by Crippen LogP contribution is -2.25. The highest BCUT2D eigenvalue weighted by Crippen LogP contribution is 1.99. The van der Waals surface area contributed by atoms with Gasteiger partial charge in [-0.2, -0.15) is 0 Å². The van der Waals surface area contributed by atoms with Crippen molar-refractivity contribution in [1.82, 2.24) is 10.3 Å². The average molecular weight is 232 g/mol. The largest absolute Gasteiger partial charge is 0.477 e. The molecule has 17 heavy (non-hydrogen) atoms. The molecule has 1 heterocycles. The molecule has 5 nitrogen and oxygen atoms in total. The monoisotopic (exact) mass is 232 g/mol. The van der Waals surface area contributed by atoms with Gasteiger partial charge in [0.15, 0.2) is 0 Å². The quantitative estimate of drug-likeness (QED) is 0.597. The van der Waals surface area contributed by atoms with Crippen LogP contribution in [0.3, 0.4) is 0 Å². The van der Waals surface area contributed by atoms with Gasteiger partial charge >= 0.3 is 5.97 Å². The lowest BCUT2D eigenvalue weighted by atomic mass is 10.3. The molecule has 0 spiro atoms. The van der Waals surface area contributed by atoms with E-state index in [4.69, 9.17) is 5.11 Å². The number of pyridine rings is 1. The highest BCUT2D eigenvalue weighted by molar-refractivity contribution is 5.94. The highest BCUT2D eigenvalue weighted by Gasteiger charge is 2.10. The van der Waals surface area contributed by atoms with Gasteiger partial charge in [-0.15, -0.1) is 11.8 Å². The Labute approximate surface area is 98.9 Å². The van der Waals surface area contributed by atoms with Gasteiger partial charge in [0.1, 0.15) is 11.4 Å². The van der Waals surface area contributed by atoms with Gasteiger partial charge in [0.25, 0.3) is 5.91 Å². The third-order valence-corrected chi connectivity index (χ3v) is 1.91. The zero-order valence-corrected chi connectivity index (χ0v) is 9.36. The van der Waals surface area contributed by atoms with Crippen molar-refractivity contribution in [1.29, 1.82) is 0 Å². The summed E-state index contributed by atoms with van der Waals surface area (Å²) in [4.78, 5) is 26.0. The molecule has 0 unspecified atom stereocenters. The highest BCUT2D eigenvalue weighted by atomic mass is 16.4. The number of hydrogen-bond acceptors (Lipinski definition) is 3. The van der Waals surface area contributed by atoms with Gasteiger partial charge in [-0.3, -0.25) is 4.79 Å². The van der Waals surface area contributed by atoms with Crippen molar-refractivity contribution < 1.29 is 14.7 Å². The standard InChI is InChI=1S/C12H12N2O3/c1-2-3-4-8-13-11(15)9-6-5-7-10(14-9)12(16)17/h5-7H,4,8H2,1H3,(H,13,15)(H,16,17). The first kappa shape index (κ1) is 12.7. The van der Waals surface area contributed by atoms with Crippen LogP contribution in [0.15, 0.2) is 18.2 Å². The van der Waals surface area contributed by atoms with E-state index in [0.29, 0.717) is 13.0 Å². The summed E-state index contributed by atoms with van der Waals surface area (Å²) in [5.74, 6) is 3.96. The molecule has 0 aliphatic heterocycles. The van der Waals surface area contributed by atoms with E-state index in [2.05, 4.69) is 22.1 Å². The Kier molecular flexibility index (Phi) is 4.70. The maximum Gasteiger partial charge on any atom is 0.354 e. The molecule has 0 aliphatic rings. The van der Waals surface area contributed by atoms with Gasteiger partial charge in [-0.05, 0) is 19.1 Å². The Morgan fingerprint density at radius 1 is 1.41 bits per heavy atom. The summed E-state index contributed by atoms with van der Waals surface area (Å²) >= 11 is 0. The minimum Gasteiger partial charge on any atom is -0.477 e. The minimum atomic E-state index is -1.16. The molecule has 0 bridgehead atoms. The van der Waals surface area contributed by atoms with Crippen LogP contribution in [0, 0.1) is 11.8 Å². The van der Waals surface area contributed by atoms with Crippen molar-refractivity contribution in [2.24, 2.45) is 0 Å². The molecule has 5 heteroatoms. The molecule has 1 amide bonds. The molecule has 88 valence electrons. The second-order valence-corrected chi connectivity index (χ2v) is 3.15. The van der Waals surface area contributed by atoms with E-state index in [9.17, 15) is 9.59 Å². The fraction of sp³-hybridized carbons (Fsp3) is 0.250. The van der Waals surface area contributed by atoms with Crippen LogP contribution >= 0.6 is 0 Å². The smallest absolute Gasteiger partial charge is 0.354 e. The average Bonchev–Trinajstić information content (AvgIpc) is 2.34. The lowest BCUT2D eigenvalue weighted by Gasteiger charge is -2.02. The van der Waals surface area contributed by atoms with Crippen LogP contribution in [0.25, 0.3) is 0 Å². The number of nitrogens with zero attached hydrogens (tertiary/aromatic N) is 1. The Bertz CT molecular complexity index is 486. The molecule has 1 aromatic rings. The van der Waals surface area contributed by atoms with E-state index in [1.807, 2.05) is 0 Å². The van der Waals surface area contributed by atoms with Crippen molar-refractivity contribution in [3.8, 4) is 11.8 Å². The van der Waals surface area contributed by atoms with Crippen LogP contribution in [0.1, 0.15) is 34.3 Å². The van der Waals surface area contributed by atoms with Crippen molar-refractivity contribution in [3.63, 3.8) is 0 Å². The zero-order valence-electron chi connectivity index (χ0n) is 9.36. The summed E-state index contributed by atoms with van der Waals surface area (Å²) in [6.07, 6.45) is 0.556. The molecule has 1 aromatic heterocycles. The molecule has 0 aromatic carbocycles. The Balaban J connectivity index is 2.64. The van der Waals surface area contributed by atoms with Gasteiger partial charge in [0.05, 0.1) is 0 Å². The molecule has 0 radical (unpaired) electrons. The predicted octanol–water partition coefficient (Wildman–Crippen LogP) is 0.923. The number of aromatic carboxylic acids is 1. The number of aromatic nitrogens is 1. The zero-order chi connectivity index (χ0) is 12.7. The van der Waals surface area contributed by atoms with Gasteiger partial charge in [-0.1, -0.05) is 6.07 Å². The first-order valence-corrected chi connectivity index (χ1v) is 5.03. The second kappa shape index (κ2) is 6.28. The molecule has 0 saturated heterocycles. The van der Waals surface area contributed by atoms with Gasteiger partial charge in [0, 0.05) is 13.0 Å². The summed E-state index contributed by atoms with van der Waals surface area (Å²) in [6, 6.07) is 4.28. The van der Waals surface area contributed by atoms with E-state index in [0.717, 1.165) is 0 Å². The van der Waals surface area contributed by atoms with Crippen LogP contribution in [0.2, 0.25) is 0 Å². The molecule has 1 rings (SSSR count). The number of carboxylic acids is 1. The van der Waals surface area contributed by atoms with Gasteiger partial charge in [0.2, 0.25) is 0 Å². The third kappa shape index (κ3) is 3.95. The minimum absolute atomic E-state index is 0.0920. The molecular weight excluding hydrogens is 220 g/mol. The van der Waals surface area contributed by atoms with Gasteiger partial charge < -0.3 is 10.4 Å².